The normalized spacial score (nSPS) is 36.5. The molecular formula is C10H13F3. The second-order valence-electron chi connectivity index (χ2n) is 4.70. The zero-order chi connectivity index (χ0) is 9.85. The summed E-state index contributed by atoms with van der Waals surface area (Å²) in [6, 6.07) is 0. The zero-order valence-electron chi connectivity index (χ0n) is 7.78. The Labute approximate surface area is 75.8 Å². The largest absolute Gasteiger partial charge is 0.412 e. The number of alkyl halides is 3. The first-order valence-electron chi connectivity index (χ1n) is 4.60. The lowest BCUT2D eigenvalue weighted by atomic mass is 9.49. The monoisotopic (exact) mass is 190 g/mol. The molecule has 0 aromatic heterocycles. The quantitative estimate of drug-likeness (QED) is 0.512. The maximum Gasteiger partial charge on any atom is 0.412 e. The maximum absolute atomic E-state index is 12.5. The highest BCUT2D eigenvalue weighted by molar-refractivity contribution is 5.26. The SMILES string of the molecule is CC1(C)C2CC=C(C(F)(F)F)C1C2. The standard InChI is InChI=1S/C10H13F3/c1-9(2)6-3-4-7(8(9)5-6)10(11,12)13/h4,6,8H,3,5H2,1-2H3. The Morgan fingerprint density at radius 3 is 2.31 bits per heavy atom. The lowest BCUT2D eigenvalue weighted by Crippen LogP contribution is -2.50. The van der Waals surface area contributed by atoms with E-state index in [1.165, 1.54) is 6.08 Å². The molecule has 3 aliphatic carbocycles. The van der Waals surface area contributed by atoms with E-state index in [9.17, 15) is 13.2 Å². The Balaban J connectivity index is 2.29. The van der Waals surface area contributed by atoms with Crippen LogP contribution in [0.4, 0.5) is 13.2 Å². The highest BCUT2D eigenvalue weighted by atomic mass is 19.4. The molecule has 0 saturated heterocycles. The Hall–Kier alpha value is -0.470. The van der Waals surface area contributed by atoms with Crippen LogP contribution in [0.25, 0.3) is 0 Å². The molecule has 3 aliphatic rings. The van der Waals surface area contributed by atoms with E-state index >= 15 is 0 Å². The van der Waals surface area contributed by atoms with Crippen LogP contribution in [-0.2, 0) is 0 Å². The highest BCUT2D eigenvalue weighted by Gasteiger charge is 2.56. The molecule has 3 rings (SSSR count). The van der Waals surface area contributed by atoms with Crippen molar-refractivity contribution in [3.8, 4) is 0 Å². The molecule has 0 aromatic rings. The van der Waals surface area contributed by atoms with Crippen LogP contribution in [0.1, 0.15) is 26.7 Å². The van der Waals surface area contributed by atoms with Crippen molar-refractivity contribution in [2.24, 2.45) is 17.3 Å². The molecule has 0 amide bonds. The topological polar surface area (TPSA) is 0 Å². The van der Waals surface area contributed by atoms with Gasteiger partial charge in [0.2, 0.25) is 0 Å². The van der Waals surface area contributed by atoms with Gasteiger partial charge in [-0.3, -0.25) is 0 Å². The van der Waals surface area contributed by atoms with Crippen molar-refractivity contribution in [2.75, 3.05) is 0 Å². The Morgan fingerprint density at radius 2 is 2.00 bits per heavy atom. The van der Waals surface area contributed by atoms with Crippen molar-refractivity contribution in [3.63, 3.8) is 0 Å². The summed E-state index contributed by atoms with van der Waals surface area (Å²) in [7, 11) is 0. The maximum atomic E-state index is 12.5. The molecule has 0 radical (unpaired) electrons. The van der Waals surface area contributed by atoms with Crippen LogP contribution < -0.4 is 0 Å². The van der Waals surface area contributed by atoms with Gasteiger partial charge in [-0.1, -0.05) is 19.9 Å². The van der Waals surface area contributed by atoms with Crippen molar-refractivity contribution in [3.05, 3.63) is 11.6 Å². The van der Waals surface area contributed by atoms with Crippen LogP contribution in [-0.4, -0.2) is 6.18 Å². The second kappa shape index (κ2) is 2.31. The van der Waals surface area contributed by atoms with Crippen LogP contribution in [0.5, 0.6) is 0 Å². The van der Waals surface area contributed by atoms with Gasteiger partial charge >= 0.3 is 6.18 Å². The van der Waals surface area contributed by atoms with Gasteiger partial charge in [-0.2, -0.15) is 13.2 Å². The Morgan fingerprint density at radius 1 is 1.38 bits per heavy atom. The summed E-state index contributed by atoms with van der Waals surface area (Å²) in [5, 5.41) is 0. The minimum atomic E-state index is -4.10. The molecule has 1 saturated carbocycles. The predicted octanol–water partition coefficient (Wildman–Crippen LogP) is 3.54. The molecular weight excluding hydrogens is 177 g/mol. The average Bonchev–Trinajstić information content (AvgIpc) is 2.02. The first-order valence-corrected chi connectivity index (χ1v) is 4.60. The molecule has 3 heteroatoms. The van der Waals surface area contributed by atoms with E-state index in [0.717, 1.165) is 6.42 Å². The summed E-state index contributed by atoms with van der Waals surface area (Å²) in [5.41, 5.74) is -0.403. The molecule has 2 atom stereocenters. The lowest BCUT2D eigenvalue weighted by Gasteiger charge is -2.56. The fourth-order valence-electron chi connectivity index (χ4n) is 2.67. The number of halogens is 3. The summed E-state index contributed by atoms with van der Waals surface area (Å²) >= 11 is 0. The van der Waals surface area contributed by atoms with Crippen LogP contribution in [0.2, 0.25) is 0 Å². The van der Waals surface area contributed by atoms with Crippen LogP contribution in [0, 0.1) is 17.3 Å². The molecule has 2 bridgehead atoms. The fraction of sp³-hybridized carbons (Fsp3) is 0.800. The van der Waals surface area contributed by atoms with Gasteiger partial charge in [0.25, 0.3) is 0 Å². The third-order valence-electron chi connectivity index (χ3n) is 3.80. The first-order chi connectivity index (χ1) is 5.83. The van der Waals surface area contributed by atoms with Gasteiger partial charge < -0.3 is 0 Å². The van der Waals surface area contributed by atoms with Gasteiger partial charge in [0.05, 0.1) is 0 Å². The molecule has 0 spiro atoms. The van der Waals surface area contributed by atoms with E-state index < -0.39 is 6.18 Å². The number of fused-ring (bicyclic) bond motifs is 1. The molecule has 0 heterocycles. The van der Waals surface area contributed by atoms with Crippen LogP contribution in [0.3, 0.4) is 0 Å². The fourth-order valence-corrected chi connectivity index (χ4v) is 2.67. The first kappa shape index (κ1) is 9.10. The van der Waals surface area contributed by atoms with E-state index in [1.54, 1.807) is 0 Å². The Bertz CT molecular complexity index is 260. The molecule has 0 nitrogen and oxygen atoms in total. The Kier molecular flexibility index (Phi) is 1.62. The zero-order valence-corrected chi connectivity index (χ0v) is 7.78. The van der Waals surface area contributed by atoms with E-state index in [0.29, 0.717) is 12.3 Å². The van der Waals surface area contributed by atoms with Crippen molar-refractivity contribution < 1.29 is 13.2 Å². The average molecular weight is 190 g/mol. The van der Waals surface area contributed by atoms with Gasteiger partial charge in [-0.15, -0.1) is 0 Å². The van der Waals surface area contributed by atoms with E-state index in [-0.39, 0.29) is 16.9 Å². The summed E-state index contributed by atoms with van der Waals surface area (Å²) in [6.07, 6.45) is -1.37. The number of hydrogen-bond donors (Lipinski definition) is 0. The minimum Gasteiger partial charge on any atom is -0.166 e. The van der Waals surface area contributed by atoms with Crippen molar-refractivity contribution >= 4 is 0 Å². The molecule has 2 unspecified atom stereocenters. The molecule has 13 heavy (non-hydrogen) atoms. The number of allylic oxidation sites excluding steroid dienone is 2. The smallest absolute Gasteiger partial charge is 0.166 e. The molecule has 0 aromatic carbocycles. The summed E-state index contributed by atoms with van der Waals surface area (Å²) < 4.78 is 37.5. The van der Waals surface area contributed by atoms with E-state index in [4.69, 9.17) is 0 Å². The van der Waals surface area contributed by atoms with Gasteiger partial charge in [0, 0.05) is 5.57 Å². The third-order valence-corrected chi connectivity index (χ3v) is 3.80. The minimum absolute atomic E-state index is 0.125. The lowest BCUT2D eigenvalue weighted by molar-refractivity contribution is -0.131. The summed E-state index contributed by atoms with van der Waals surface area (Å²) in [4.78, 5) is 0. The molecule has 0 aliphatic heterocycles. The van der Waals surface area contributed by atoms with E-state index in [1.807, 2.05) is 13.8 Å². The van der Waals surface area contributed by atoms with Crippen LogP contribution >= 0.6 is 0 Å². The number of hydrogen-bond acceptors (Lipinski definition) is 0. The van der Waals surface area contributed by atoms with E-state index in [2.05, 4.69) is 0 Å². The van der Waals surface area contributed by atoms with Gasteiger partial charge in [0.1, 0.15) is 0 Å². The van der Waals surface area contributed by atoms with Gasteiger partial charge in [0.15, 0.2) is 0 Å². The summed E-state index contributed by atoms with van der Waals surface area (Å²) in [5.74, 6) is 0.231. The third kappa shape index (κ3) is 1.12. The molecule has 1 fully saturated rings. The molecule has 0 N–H and O–H groups in total. The second-order valence-corrected chi connectivity index (χ2v) is 4.70. The van der Waals surface area contributed by atoms with Crippen molar-refractivity contribution in [2.45, 2.75) is 32.9 Å². The van der Waals surface area contributed by atoms with Crippen LogP contribution in [0.15, 0.2) is 11.6 Å². The van der Waals surface area contributed by atoms with Crippen molar-refractivity contribution in [1.29, 1.82) is 0 Å². The summed E-state index contributed by atoms with van der Waals surface area (Å²) in [6.45, 7) is 3.90. The predicted molar refractivity (Wildman–Crippen MR) is 44.1 cm³/mol. The van der Waals surface area contributed by atoms with Gasteiger partial charge in [-0.25, -0.2) is 0 Å². The molecule has 74 valence electrons. The number of rotatable bonds is 0. The van der Waals surface area contributed by atoms with Crippen molar-refractivity contribution in [1.82, 2.24) is 0 Å². The van der Waals surface area contributed by atoms with Gasteiger partial charge in [-0.05, 0) is 30.1 Å². The highest BCUT2D eigenvalue weighted by Crippen LogP contribution is 2.61.